The molecule has 0 saturated carbocycles. The number of hydrogen-bond donors (Lipinski definition) is 1. The van der Waals surface area contributed by atoms with Crippen LogP contribution < -0.4 is 4.74 Å². The Hall–Kier alpha value is -1.55. The minimum Gasteiger partial charge on any atom is -0.492 e. The van der Waals surface area contributed by atoms with Gasteiger partial charge in [0.15, 0.2) is 0 Å². The smallest absolute Gasteiger partial charge is 0.229 e. The molecule has 1 N–H and O–H groups in total. The lowest BCUT2D eigenvalue weighted by molar-refractivity contribution is -0.141. The highest BCUT2D eigenvalue weighted by molar-refractivity contribution is 5.80. The van der Waals surface area contributed by atoms with Crippen molar-refractivity contribution in [3.8, 4) is 5.75 Å². The predicted octanol–water partition coefficient (Wildman–Crippen LogP) is 1.47. The van der Waals surface area contributed by atoms with Gasteiger partial charge in [0.05, 0.1) is 18.1 Å². The van der Waals surface area contributed by atoms with Gasteiger partial charge in [0, 0.05) is 7.05 Å². The monoisotopic (exact) mass is 263 g/mol. The number of hydrogen-bond acceptors (Lipinski definition) is 3. The molecule has 1 amide bonds. The molecule has 0 spiro atoms. The summed E-state index contributed by atoms with van der Waals surface area (Å²) in [5, 5.41) is 9.34. The van der Waals surface area contributed by atoms with Crippen LogP contribution in [0.4, 0.5) is 0 Å². The van der Waals surface area contributed by atoms with Gasteiger partial charge in [0.25, 0.3) is 0 Å². The average Bonchev–Trinajstić information content (AvgIpc) is 2.45. The molecule has 0 saturated heterocycles. The van der Waals surface area contributed by atoms with Crippen molar-refractivity contribution >= 4 is 5.91 Å². The summed E-state index contributed by atoms with van der Waals surface area (Å²) in [6.45, 7) is 4.05. The van der Waals surface area contributed by atoms with Gasteiger partial charge >= 0.3 is 0 Å². The summed E-state index contributed by atoms with van der Waals surface area (Å²) < 4.78 is 5.64. The van der Waals surface area contributed by atoms with E-state index in [0.717, 1.165) is 11.3 Å². The van der Waals surface area contributed by atoms with Crippen LogP contribution in [0.25, 0.3) is 0 Å². The van der Waals surface area contributed by atoms with Crippen molar-refractivity contribution in [2.45, 2.75) is 25.8 Å². The lowest BCUT2D eigenvalue weighted by atomic mass is 9.93. The number of amides is 1. The number of aliphatic hydroxyl groups is 1. The number of nitrogens with zero attached hydrogens (tertiary/aromatic N) is 1. The number of benzene rings is 1. The molecule has 1 aliphatic heterocycles. The quantitative estimate of drug-likeness (QED) is 0.898. The number of carbonyl (C=O) groups is 1. The molecule has 0 fully saturated rings. The van der Waals surface area contributed by atoms with Gasteiger partial charge in [-0.1, -0.05) is 18.2 Å². The van der Waals surface area contributed by atoms with Crippen LogP contribution in [0.2, 0.25) is 0 Å². The summed E-state index contributed by atoms with van der Waals surface area (Å²) in [4.78, 5) is 14.1. The normalized spacial score (nSPS) is 18.4. The molecule has 19 heavy (non-hydrogen) atoms. The number of para-hydroxylation sites is 1. The third kappa shape index (κ3) is 2.73. The van der Waals surface area contributed by atoms with Gasteiger partial charge in [-0.3, -0.25) is 4.79 Å². The first kappa shape index (κ1) is 13.9. The van der Waals surface area contributed by atoms with Gasteiger partial charge in [-0.25, -0.2) is 0 Å². The van der Waals surface area contributed by atoms with Crippen molar-refractivity contribution < 1.29 is 14.6 Å². The van der Waals surface area contributed by atoms with E-state index in [4.69, 9.17) is 4.74 Å². The van der Waals surface area contributed by atoms with Crippen LogP contribution in [0.5, 0.6) is 5.75 Å². The average molecular weight is 263 g/mol. The van der Waals surface area contributed by atoms with Crippen molar-refractivity contribution in [1.29, 1.82) is 0 Å². The summed E-state index contributed by atoms with van der Waals surface area (Å²) in [6.07, 6.45) is 0.695. The number of aliphatic hydroxyl groups excluding tert-OH is 1. The van der Waals surface area contributed by atoms with E-state index in [1.165, 1.54) is 0 Å². The first-order valence-electron chi connectivity index (χ1n) is 6.55. The second-order valence-corrected chi connectivity index (χ2v) is 5.69. The summed E-state index contributed by atoms with van der Waals surface area (Å²) in [7, 11) is 1.74. The molecule has 0 aliphatic carbocycles. The third-order valence-electron chi connectivity index (χ3n) is 3.85. The van der Waals surface area contributed by atoms with E-state index in [9.17, 15) is 9.90 Å². The van der Waals surface area contributed by atoms with Crippen LogP contribution >= 0.6 is 0 Å². The molecule has 1 aromatic carbocycles. The molecular formula is C15H21NO3. The van der Waals surface area contributed by atoms with Crippen LogP contribution in [0.3, 0.4) is 0 Å². The highest BCUT2D eigenvalue weighted by Gasteiger charge is 2.34. The van der Waals surface area contributed by atoms with E-state index >= 15 is 0 Å². The summed E-state index contributed by atoms with van der Waals surface area (Å²) in [5.41, 5.74) is 0.524. The Morgan fingerprint density at radius 3 is 2.84 bits per heavy atom. The maximum atomic E-state index is 12.4. The van der Waals surface area contributed by atoms with E-state index < -0.39 is 5.54 Å². The van der Waals surface area contributed by atoms with E-state index in [0.29, 0.717) is 13.0 Å². The fourth-order valence-corrected chi connectivity index (χ4v) is 2.16. The fraction of sp³-hybridized carbons (Fsp3) is 0.533. The lowest BCUT2D eigenvalue weighted by Crippen LogP contribution is -2.51. The van der Waals surface area contributed by atoms with E-state index in [-0.39, 0.29) is 18.4 Å². The van der Waals surface area contributed by atoms with Gasteiger partial charge < -0.3 is 14.7 Å². The van der Waals surface area contributed by atoms with Crippen molar-refractivity contribution in [3.05, 3.63) is 29.8 Å². The van der Waals surface area contributed by atoms with Gasteiger partial charge in [-0.2, -0.15) is 0 Å². The van der Waals surface area contributed by atoms with Crippen molar-refractivity contribution in [1.82, 2.24) is 4.90 Å². The number of rotatable bonds is 3. The minimum absolute atomic E-state index is 0.0218. The molecule has 4 heteroatoms. The molecule has 0 aromatic heterocycles. The maximum absolute atomic E-state index is 12.4. The molecule has 4 nitrogen and oxygen atoms in total. The van der Waals surface area contributed by atoms with Crippen molar-refractivity contribution in [2.75, 3.05) is 20.3 Å². The highest BCUT2D eigenvalue weighted by atomic mass is 16.5. The molecule has 1 aliphatic rings. The first-order chi connectivity index (χ1) is 8.95. The number of ether oxygens (including phenoxy) is 1. The highest BCUT2D eigenvalue weighted by Crippen LogP contribution is 2.28. The minimum atomic E-state index is -0.548. The molecule has 1 aromatic rings. The zero-order valence-corrected chi connectivity index (χ0v) is 11.7. The lowest BCUT2D eigenvalue weighted by Gasteiger charge is -2.37. The van der Waals surface area contributed by atoms with Crippen LogP contribution in [0, 0.1) is 5.92 Å². The third-order valence-corrected chi connectivity index (χ3v) is 3.85. The van der Waals surface area contributed by atoms with Crippen molar-refractivity contribution in [2.24, 2.45) is 5.92 Å². The van der Waals surface area contributed by atoms with Crippen LogP contribution in [0.15, 0.2) is 24.3 Å². The maximum Gasteiger partial charge on any atom is 0.229 e. The Balaban J connectivity index is 2.11. The van der Waals surface area contributed by atoms with E-state index in [1.54, 1.807) is 11.9 Å². The zero-order valence-electron chi connectivity index (χ0n) is 11.7. The van der Waals surface area contributed by atoms with E-state index in [1.807, 2.05) is 38.1 Å². The van der Waals surface area contributed by atoms with Crippen LogP contribution in [-0.2, 0) is 11.2 Å². The van der Waals surface area contributed by atoms with Crippen LogP contribution in [-0.4, -0.2) is 41.7 Å². The molecule has 0 bridgehead atoms. The molecular weight excluding hydrogens is 242 g/mol. The predicted molar refractivity (Wildman–Crippen MR) is 73.1 cm³/mol. The zero-order chi connectivity index (χ0) is 14.0. The fourth-order valence-electron chi connectivity index (χ4n) is 2.16. The SMILES string of the molecule is CN(C(=O)C1COc2ccccc2C1)C(C)(C)CO. The topological polar surface area (TPSA) is 49.8 Å². The van der Waals surface area contributed by atoms with Crippen molar-refractivity contribution in [3.63, 3.8) is 0 Å². The van der Waals surface area contributed by atoms with Gasteiger partial charge in [-0.05, 0) is 31.9 Å². The summed E-state index contributed by atoms with van der Waals surface area (Å²) in [6, 6.07) is 7.81. The molecule has 104 valence electrons. The number of fused-ring (bicyclic) bond motifs is 1. The summed E-state index contributed by atoms with van der Waals surface area (Å²) in [5.74, 6) is 0.717. The number of carbonyl (C=O) groups excluding carboxylic acids is 1. The second kappa shape index (κ2) is 5.21. The van der Waals surface area contributed by atoms with Gasteiger partial charge in [0.1, 0.15) is 12.4 Å². The Morgan fingerprint density at radius 2 is 2.16 bits per heavy atom. The molecule has 1 atom stereocenters. The Bertz CT molecular complexity index is 470. The molecule has 1 heterocycles. The van der Waals surface area contributed by atoms with E-state index in [2.05, 4.69) is 0 Å². The Morgan fingerprint density at radius 1 is 1.47 bits per heavy atom. The second-order valence-electron chi connectivity index (χ2n) is 5.69. The Kier molecular flexibility index (Phi) is 3.80. The Labute approximate surface area is 114 Å². The molecule has 2 rings (SSSR count). The standard InChI is InChI=1S/C15H21NO3/c1-15(2,10-17)16(3)14(18)12-8-11-6-4-5-7-13(11)19-9-12/h4-7,12,17H,8-10H2,1-3H3. The van der Waals surface area contributed by atoms with Gasteiger partial charge in [0.2, 0.25) is 5.91 Å². The number of likely N-dealkylation sites (N-methyl/N-ethyl adjacent to an activating group) is 1. The van der Waals surface area contributed by atoms with Crippen LogP contribution in [0.1, 0.15) is 19.4 Å². The van der Waals surface area contributed by atoms with Gasteiger partial charge in [-0.15, -0.1) is 0 Å². The molecule has 1 unspecified atom stereocenters. The first-order valence-corrected chi connectivity index (χ1v) is 6.55. The largest absolute Gasteiger partial charge is 0.492 e. The molecule has 0 radical (unpaired) electrons. The summed E-state index contributed by atoms with van der Waals surface area (Å²) >= 11 is 0.